The van der Waals surface area contributed by atoms with E-state index in [-0.39, 0.29) is 28.5 Å². The van der Waals surface area contributed by atoms with Gasteiger partial charge >= 0.3 is 6.85 Å². The average molecular weight is 927 g/mol. The lowest BCUT2D eigenvalue weighted by Gasteiger charge is -2.46. The Bertz CT molecular complexity index is 3890. The van der Waals surface area contributed by atoms with Crippen LogP contribution in [-0.2, 0) is 21.7 Å². The molecular formula is C65H59BN2OS. The molecule has 0 N–H and O–H groups in total. The first-order valence-corrected chi connectivity index (χ1v) is 26.4. The minimum absolute atomic E-state index is 0.0328. The number of hydrogen-bond donors (Lipinski definition) is 0. The van der Waals surface area contributed by atoms with Gasteiger partial charge in [-0.25, -0.2) is 0 Å². The SMILES string of the molecule is Cc1cc2c(cc1N1c3cc(-c4ccccc4)cc4c3B(c3sc5cc6c(cc5c31)C(C)(C)CCC6(C)C)N(c1cccc3c1oc1ccccc13)c1ccc3ccccc3c1-4)C(C)(C)CCC2(C)C. The van der Waals surface area contributed by atoms with Crippen molar-refractivity contribution in [1.29, 1.82) is 0 Å². The molecule has 0 amide bonds. The maximum atomic E-state index is 7.05. The highest BCUT2D eigenvalue weighted by Crippen LogP contribution is 2.57. The van der Waals surface area contributed by atoms with Crippen molar-refractivity contribution in [3.8, 4) is 22.3 Å². The maximum Gasteiger partial charge on any atom is 0.343 e. The number of nitrogens with zero attached hydrogens (tertiary/aromatic N) is 2. The summed E-state index contributed by atoms with van der Waals surface area (Å²) in [6, 6.07) is 55.7. The molecule has 70 heavy (non-hydrogen) atoms. The molecule has 2 aliphatic carbocycles. The average Bonchev–Trinajstić information content (AvgIpc) is 3.93. The molecule has 2 aliphatic heterocycles. The van der Waals surface area contributed by atoms with Crippen molar-refractivity contribution >= 4 is 99.7 Å². The van der Waals surface area contributed by atoms with E-state index >= 15 is 0 Å². The molecule has 0 fully saturated rings. The summed E-state index contributed by atoms with van der Waals surface area (Å²) >= 11 is 2.02. The molecule has 14 rings (SSSR count). The van der Waals surface area contributed by atoms with Gasteiger partial charge < -0.3 is 14.1 Å². The normalized spacial score (nSPS) is 17.9. The molecule has 8 aromatic carbocycles. The molecule has 4 heterocycles. The van der Waals surface area contributed by atoms with Crippen LogP contribution in [0.1, 0.15) is 109 Å². The fourth-order valence-electron chi connectivity index (χ4n) is 13.5. The largest absolute Gasteiger partial charge is 0.454 e. The van der Waals surface area contributed by atoms with Crippen LogP contribution in [0, 0.1) is 6.92 Å². The smallest absolute Gasteiger partial charge is 0.343 e. The van der Waals surface area contributed by atoms with Crippen LogP contribution in [0.4, 0.5) is 28.4 Å². The van der Waals surface area contributed by atoms with Gasteiger partial charge in [0.15, 0.2) is 5.58 Å². The highest BCUT2D eigenvalue weighted by molar-refractivity contribution is 7.32. The number of hydrogen-bond acceptors (Lipinski definition) is 4. The van der Waals surface area contributed by atoms with Crippen molar-refractivity contribution in [3.05, 3.63) is 173 Å². The molecule has 0 saturated heterocycles. The van der Waals surface area contributed by atoms with Crippen LogP contribution >= 0.6 is 11.3 Å². The molecule has 0 unspecified atom stereocenters. The van der Waals surface area contributed by atoms with E-state index in [1.54, 1.807) is 0 Å². The first-order valence-electron chi connectivity index (χ1n) is 25.6. The lowest BCUT2D eigenvalue weighted by Crippen LogP contribution is -2.60. The molecule has 3 nitrogen and oxygen atoms in total. The quantitative estimate of drug-likeness (QED) is 0.165. The second-order valence-electron chi connectivity index (χ2n) is 23.8. The van der Waals surface area contributed by atoms with Crippen molar-refractivity contribution in [2.45, 2.75) is 110 Å². The summed E-state index contributed by atoms with van der Waals surface area (Å²) in [4.78, 5) is 5.44. The van der Waals surface area contributed by atoms with Crippen LogP contribution in [0.2, 0.25) is 0 Å². The highest BCUT2D eigenvalue weighted by atomic mass is 32.1. The van der Waals surface area contributed by atoms with Crippen molar-refractivity contribution in [2.75, 3.05) is 9.71 Å². The third kappa shape index (κ3) is 5.82. The van der Waals surface area contributed by atoms with Crippen molar-refractivity contribution in [3.63, 3.8) is 0 Å². The summed E-state index contributed by atoms with van der Waals surface area (Å²) in [5, 5.41) is 6.13. The molecule has 344 valence electrons. The van der Waals surface area contributed by atoms with Gasteiger partial charge in [-0.2, -0.15) is 0 Å². The zero-order valence-electron chi connectivity index (χ0n) is 42.0. The third-order valence-electron chi connectivity index (χ3n) is 17.7. The summed E-state index contributed by atoms with van der Waals surface area (Å²) in [5.74, 6) is 0. The molecule has 0 atom stereocenters. The lowest BCUT2D eigenvalue weighted by atomic mass is 9.46. The van der Waals surface area contributed by atoms with E-state index in [0.29, 0.717) is 0 Å². The number of fused-ring (bicyclic) bond motifs is 13. The molecule has 0 spiro atoms. The van der Waals surface area contributed by atoms with Gasteiger partial charge in [-0.15, -0.1) is 11.3 Å². The Morgan fingerprint density at radius 2 is 1.13 bits per heavy atom. The number of anilines is 5. The topological polar surface area (TPSA) is 19.6 Å². The second-order valence-corrected chi connectivity index (χ2v) is 24.9. The Labute approximate surface area is 416 Å². The van der Waals surface area contributed by atoms with E-state index in [1.807, 2.05) is 11.3 Å². The fourth-order valence-corrected chi connectivity index (χ4v) is 14.8. The Hall–Kier alpha value is -6.56. The Morgan fingerprint density at radius 1 is 0.500 bits per heavy atom. The second kappa shape index (κ2) is 14.3. The summed E-state index contributed by atoms with van der Waals surface area (Å²) in [6.07, 6.45) is 4.68. The number of furan rings is 1. The number of aryl methyl sites for hydroxylation is 1. The molecule has 5 heteroatoms. The van der Waals surface area contributed by atoms with E-state index in [1.165, 1.54) is 123 Å². The fraction of sp³-hybridized carbons (Fsp3) is 0.262. The van der Waals surface area contributed by atoms with Gasteiger partial charge in [0.25, 0.3) is 0 Å². The Morgan fingerprint density at radius 3 is 1.87 bits per heavy atom. The number of rotatable bonds is 3. The van der Waals surface area contributed by atoms with Gasteiger partial charge in [0.2, 0.25) is 0 Å². The van der Waals surface area contributed by atoms with Crippen molar-refractivity contribution in [2.24, 2.45) is 0 Å². The van der Waals surface area contributed by atoms with Crippen LogP contribution in [0.15, 0.2) is 150 Å². The third-order valence-corrected chi connectivity index (χ3v) is 18.9. The van der Waals surface area contributed by atoms with E-state index in [4.69, 9.17) is 4.42 Å². The monoisotopic (exact) mass is 926 g/mol. The van der Waals surface area contributed by atoms with Gasteiger partial charge in [0.05, 0.1) is 11.4 Å². The van der Waals surface area contributed by atoms with Crippen molar-refractivity contribution < 1.29 is 4.42 Å². The first-order chi connectivity index (χ1) is 33.6. The van der Waals surface area contributed by atoms with Crippen LogP contribution in [0.5, 0.6) is 0 Å². The van der Waals surface area contributed by atoms with Gasteiger partial charge in [-0.05, 0) is 164 Å². The molecule has 4 aliphatic rings. The lowest BCUT2D eigenvalue weighted by molar-refractivity contribution is 0.332. The van der Waals surface area contributed by atoms with Crippen molar-refractivity contribution in [1.82, 2.24) is 0 Å². The number of benzene rings is 8. The predicted octanol–water partition coefficient (Wildman–Crippen LogP) is 17.3. The van der Waals surface area contributed by atoms with Gasteiger partial charge in [0.1, 0.15) is 5.58 Å². The highest BCUT2D eigenvalue weighted by Gasteiger charge is 2.50. The van der Waals surface area contributed by atoms with Gasteiger partial charge in [0, 0.05) is 48.3 Å². The summed E-state index contributed by atoms with van der Waals surface area (Å²) in [7, 11) is 0. The van der Waals surface area contributed by atoms with E-state index < -0.39 is 0 Å². The van der Waals surface area contributed by atoms with Gasteiger partial charge in [-0.1, -0.05) is 152 Å². The molecule has 0 saturated carbocycles. The van der Waals surface area contributed by atoms with E-state index in [2.05, 4.69) is 218 Å². The molecule has 2 aromatic heterocycles. The molecule has 10 aromatic rings. The molecular weight excluding hydrogens is 868 g/mol. The maximum absolute atomic E-state index is 7.05. The summed E-state index contributed by atoms with van der Waals surface area (Å²) < 4.78 is 9.79. The Kier molecular flexibility index (Phi) is 8.64. The summed E-state index contributed by atoms with van der Waals surface area (Å²) in [5.41, 5.74) is 21.9. The number of para-hydroxylation sites is 2. The zero-order valence-corrected chi connectivity index (χ0v) is 42.8. The minimum atomic E-state index is -0.155. The Balaban J connectivity index is 1.18. The van der Waals surface area contributed by atoms with Crippen LogP contribution in [0.25, 0.3) is 65.1 Å². The predicted molar refractivity (Wildman–Crippen MR) is 301 cm³/mol. The zero-order chi connectivity index (χ0) is 47.8. The van der Waals surface area contributed by atoms with Crippen LogP contribution < -0.4 is 20.0 Å². The standard InChI is InChI=1S/C65H59BN2OS/c1-38-32-47-49(64(6,7)30-28-62(47,2)3)36-53(38)67-54-34-41(39-18-11-10-12-19-39)33-46-57-42-21-14-13-20-40(42)26-27-51(57)68(52-24-17-23-44-43-22-15-16-25-55(43)69-60(44)52)66(58(46)54)61-59(67)45-35-48-50(37-56(45)70-61)65(8,9)31-29-63(48,4)5/h10-27,32-37H,28-31H2,1-9H3. The molecule has 0 radical (unpaired) electrons. The van der Waals surface area contributed by atoms with Crippen LogP contribution in [0.3, 0.4) is 0 Å². The van der Waals surface area contributed by atoms with Crippen LogP contribution in [-0.4, -0.2) is 6.85 Å². The van der Waals surface area contributed by atoms with E-state index in [9.17, 15) is 0 Å². The first kappa shape index (κ1) is 42.3. The van der Waals surface area contributed by atoms with Gasteiger partial charge in [-0.3, -0.25) is 0 Å². The van der Waals surface area contributed by atoms with E-state index in [0.717, 1.165) is 34.0 Å². The number of thiophene rings is 1. The molecule has 0 bridgehead atoms. The summed E-state index contributed by atoms with van der Waals surface area (Å²) in [6.45, 7) is 22.0. The minimum Gasteiger partial charge on any atom is -0.454 e.